The molecule has 2 aromatic carbocycles. The van der Waals surface area contributed by atoms with Gasteiger partial charge in [-0.2, -0.15) is 0 Å². The molecule has 0 aliphatic heterocycles. The molecule has 2 aromatic rings. The van der Waals surface area contributed by atoms with E-state index in [1.807, 2.05) is 0 Å². The molecule has 0 heterocycles. The number of carbonyl (C=O) groups excluding carboxylic acids is 4. The Morgan fingerprint density at radius 3 is 1.19 bits per heavy atom. The minimum absolute atomic E-state index is 0.0502. The van der Waals surface area contributed by atoms with Crippen molar-refractivity contribution in [3.63, 3.8) is 0 Å². The zero-order chi connectivity index (χ0) is 36.2. The number of carbonyl (C=O) groups is 4. The molecule has 2 fully saturated rings. The van der Waals surface area contributed by atoms with E-state index in [-0.39, 0.29) is 66.0 Å². The Labute approximate surface area is 309 Å². The first-order valence-corrected chi connectivity index (χ1v) is 17.5. The highest BCUT2D eigenvalue weighted by molar-refractivity contribution is 6.47. The van der Waals surface area contributed by atoms with Gasteiger partial charge in [-0.25, -0.2) is 19.2 Å². The second-order valence-electron chi connectivity index (χ2n) is 14.1. The van der Waals surface area contributed by atoms with Crippen molar-refractivity contribution in [1.82, 2.24) is 0 Å². The maximum atomic E-state index is 13.3. The Hall–Kier alpha value is -1.94. The molecule has 4 atom stereocenters. The number of esters is 4. The molecule has 48 heavy (non-hydrogen) atoms. The van der Waals surface area contributed by atoms with E-state index in [4.69, 9.17) is 88.6 Å². The number of hydrogen-bond donors (Lipinski definition) is 0. The molecule has 0 bridgehead atoms. The minimum atomic E-state index is -1.64. The maximum Gasteiger partial charge on any atom is 0.423 e. The van der Waals surface area contributed by atoms with E-state index in [0.717, 1.165) is 12.1 Å². The summed E-state index contributed by atoms with van der Waals surface area (Å²) in [4.78, 5) is 52.7. The van der Waals surface area contributed by atoms with Crippen LogP contribution in [-0.2, 0) is 19.1 Å². The van der Waals surface area contributed by atoms with E-state index in [0.29, 0.717) is 23.7 Å². The standard InChI is InChI=1S/C34H36Cl6O8/c1-13(2)23-15(33(23,5)6)11-45-29(41)21-25(39)17(35)9-19(37)27(21)47-31(43)32(44)48-28-20(38)10-18(36)26(40)22(28)30(42)46-12-16-24(14(3)4)34(16,7)8/h9-10,13-16,23-24H,11-12H2,1-8H3. The Morgan fingerprint density at radius 2 is 0.917 bits per heavy atom. The van der Waals surface area contributed by atoms with Crippen LogP contribution >= 0.6 is 69.6 Å². The van der Waals surface area contributed by atoms with E-state index in [1.165, 1.54) is 0 Å². The first-order chi connectivity index (χ1) is 22.1. The molecular formula is C34H36Cl6O8. The number of benzene rings is 2. The van der Waals surface area contributed by atoms with Crippen LogP contribution in [0.5, 0.6) is 11.5 Å². The van der Waals surface area contributed by atoms with Gasteiger partial charge in [0.05, 0.1) is 43.3 Å². The highest BCUT2D eigenvalue weighted by atomic mass is 35.5. The van der Waals surface area contributed by atoms with Gasteiger partial charge in [-0.3, -0.25) is 0 Å². The van der Waals surface area contributed by atoms with Crippen LogP contribution in [0.15, 0.2) is 12.1 Å². The van der Waals surface area contributed by atoms with E-state index in [2.05, 4.69) is 55.4 Å². The number of ether oxygens (including phenoxy) is 4. The smallest absolute Gasteiger partial charge is 0.423 e. The van der Waals surface area contributed by atoms with Gasteiger partial charge in [0.25, 0.3) is 0 Å². The van der Waals surface area contributed by atoms with Gasteiger partial charge in [0, 0.05) is 11.8 Å². The first-order valence-electron chi connectivity index (χ1n) is 15.3. The van der Waals surface area contributed by atoms with Gasteiger partial charge < -0.3 is 18.9 Å². The third-order valence-corrected chi connectivity index (χ3v) is 11.9. The van der Waals surface area contributed by atoms with Crippen molar-refractivity contribution in [2.24, 2.45) is 46.3 Å². The van der Waals surface area contributed by atoms with Crippen molar-refractivity contribution in [3.8, 4) is 11.5 Å². The average Bonchev–Trinajstić information content (AvgIpc) is 3.76. The molecule has 0 spiro atoms. The fourth-order valence-electron chi connectivity index (χ4n) is 7.32. The lowest BCUT2D eigenvalue weighted by molar-refractivity contribution is -0.156. The number of halogens is 6. The predicted octanol–water partition coefficient (Wildman–Crippen LogP) is 10.3. The predicted molar refractivity (Wildman–Crippen MR) is 186 cm³/mol. The lowest BCUT2D eigenvalue weighted by Crippen LogP contribution is -2.27. The molecule has 4 rings (SSSR count). The molecule has 0 aromatic heterocycles. The van der Waals surface area contributed by atoms with E-state index in [9.17, 15) is 19.2 Å². The molecule has 0 N–H and O–H groups in total. The Morgan fingerprint density at radius 1 is 0.604 bits per heavy atom. The lowest BCUT2D eigenvalue weighted by atomic mass is 10.0. The molecule has 8 nitrogen and oxygen atoms in total. The van der Waals surface area contributed by atoms with Crippen LogP contribution in [-0.4, -0.2) is 37.1 Å². The van der Waals surface area contributed by atoms with Gasteiger partial charge >= 0.3 is 23.9 Å². The van der Waals surface area contributed by atoms with Gasteiger partial charge in [0.2, 0.25) is 0 Å². The highest BCUT2D eigenvalue weighted by Crippen LogP contribution is 2.62. The summed E-state index contributed by atoms with van der Waals surface area (Å²) < 4.78 is 21.5. The molecule has 2 saturated carbocycles. The molecule has 262 valence electrons. The fourth-order valence-corrected chi connectivity index (χ4v) is 8.76. The Kier molecular flexibility index (Phi) is 11.6. The van der Waals surface area contributed by atoms with Crippen molar-refractivity contribution in [3.05, 3.63) is 53.4 Å². The van der Waals surface area contributed by atoms with Crippen molar-refractivity contribution in [2.45, 2.75) is 55.4 Å². The third kappa shape index (κ3) is 7.54. The quantitative estimate of drug-likeness (QED) is 0.101. The van der Waals surface area contributed by atoms with Crippen LogP contribution in [0.25, 0.3) is 0 Å². The van der Waals surface area contributed by atoms with Crippen LogP contribution < -0.4 is 9.47 Å². The van der Waals surface area contributed by atoms with Gasteiger partial charge in [-0.05, 0) is 46.6 Å². The van der Waals surface area contributed by atoms with Crippen LogP contribution in [0.1, 0.15) is 76.1 Å². The number of hydrogen-bond acceptors (Lipinski definition) is 8. The monoisotopic (exact) mass is 782 g/mol. The maximum absolute atomic E-state index is 13.3. The third-order valence-electron chi connectivity index (χ3n) is 9.72. The molecule has 4 unspecified atom stereocenters. The van der Waals surface area contributed by atoms with Gasteiger partial charge in [0.1, 0.15) is 11.1 Å². The summed E-state index contributed by atoms with van der Waals surface area (Å²) in [5.74, 6) is -4.85. The topological polar surface area (TPSA) is 105 Å². The summed E-state index contributed by atoms with van der Waals surface area (Å²) in [6.45, 7) is 16.8. The van der Waals surface area contributed by atoms with Crippen LogP contribution in [0.2, 0.25) is 30.1 Å². The van der Waals surface area contributed by atoms with Crippen LogP contribution in [0.3, 0.4) is 0 Å². The fraction of sp³-hybridized carbons (Fsp3) is 0.529. The van der Waals surface area contributed by atoms with Gasteiger partial charge in [0.15, 0.2) is 11.5 Å². The van der Waals surface area contributed by atoms with Crippen molar-refractivity contribution < 1.29 is 38.1 Å². The molecule has 0 radical (unpaired) electrons. The lowest BCUT2D eigenvalue weighted by Gasteiger charge is -2.16. The molecule has 0 saturated heterocycles. The zero-order valence-electron chi connectivity index (χ0n) is 27.6. The van der Waals surface area contributed by atoms with Crippen LogP contribution in [0, 0.1) is 46.3 Å². The van der Waals surface area contributed by atoms with E-state index < -0.39 is 46.5 Å². The summed E-state index contributed by atoms with van der Waals surface area (Å²) in [7, 11) is 0. The summed E-state index contributed by atoms with van der Waals surface area (Å²) in [6.07, 6.45) is 0. The number of rotatable bonds is 10. The summed E-state index contributed by atoms with van der Waals surface area (Å²) >= 11 is 37.6. The normalized spacial score (nSPS) is 21.9. The van der Waals surface area contributed by atoms with Gasteiger partial charge in [-0.1, -0.05) is 125 Å². The highest BCUT2D eigenvalue weighted by Gasteiger charge is 2.60. The summed E-state index contributed by atoms with van der Waals surface area (Å²) in [5, 5.41) is -1.50. The van der Waals surface area contributed by atoms with E-state index in [1.54, 1.807) is 0 Å². The Balaban J connectivity index is 1.54. The minimum Gasteiger partial charge on any atom is -0.462 e. The van der Waals surface area contributed by atoms with E-state index >= 15 is 0 Å². The summed E-state index contributed by atoms with van der Waals surface area (Å²) in [5.41, 5.74) is -1.03. The van der Waals surface area contributed by atoms with Crippen molar-refractivity contribution in [1.29, 1.82) is 0 Å². The second-order valence-corrected chi connectivity index (χ2v) is 16.5. The van der Waals surface area contributed by atoms with Crippen LogP contribution in [0.4, 0.5) is 0 Å². The second kappa shape index (κ2) is 14.4. The van der Waals surface area contributed by atoms with Gasteiger partial charge in [-0.15, -0.1) is 0 Å². The molecule has 2 aliphatic rings. The Bertz CT molecular complexity index is 1550. The largest absolute Gasteiger partial charge is 0.462 e. The molecule has 0 amide bonds. The zero-order valence-corrected chi connectivity index (χ0v) is 32.1. The SMILES string of the molecule is CC(C)C1C(COC(=O)c2c(Cl)c(Cl)cc(Cl)c2OC(=O)C(=O)Oc2c(Cl)cc(Cl)c(Cl)c2C(=O)OCC2C(C(C)C)C2(C)C)C1(C)C. The summed E-state index contributed by atoms with van der Waals surface area (Å²) in [6, 6.07) is 2.26. The molecule has 2 aliphatic carbocycles. The molecule has 14 heteroatoms. The molecular weight excluding hydrogens is 749 g/mol. The van der Waals surface area contributed by atoms with Crippen molar-refractivity contribution in [2.75, 3.05) is 13.2 Å². The average molecular weight is 785 g/mol. The first kappa shape index (κ1) is 38.9. The van der Waals surface area contributed by atoms with Crippen molar-refractivity contribution >= 4 is 93.5 Å².